The molecule has 1 fully saturated rings. The number of Topliss-reactive ketones (excluding diaryl/α,β-unsaturated/α-hetero) is 2. The van der Waals surface area contributed by atoms with Gasteiger partial charge in [0.2, 0.25) is 0 Å². The molecule has 1 aliphatic heterocycles. The van der Waals surface area contributed by atoms with E-state index in [-0.39, 0.29) is 6.61 Å². The Hall–Kier alpha value is -1.23. The van der Waals surface area contributed by atoms with Crippen LogP contribution in [-0.4, -0.2) is 35.4 Å². The third-order valence-corrected chi connectivity index (χ3v) is 1.71. The smallest absolute Gasteiger partial charge is 0.383 e. The summed E-state index contributed by atoms with van der Waals surface area (Å²) in [5.41, 5.74) is 0. The number of rotatable bonds is 2. The maximum absolute atomic E-state index is 10.9. The van der Waals surface area contributed by atoms with Gasteiger partial charge >= 0.3 is 11.8 Å². The lowest BCUT2D eigenvalue weighted by molar-refractivity contribution is -0.150. The first-order valence-corrected chi connectivity index (χ1v) is 3.48. The average molecular weight is 172 g/mol. The van der Waals surface area contributed by atoms with Gasteiger partial charge in [0, 0.05) is 12.5 Å². The van der Waals surface area contributed by atoms with E-state index in [0.29, 0.717) is 0 Å². The molecule has 1 aliphatic rings. The second kappa shape index (κ2) is 3.02. The maximum atomic E-state index is 10.9. The normalized spacial score (nSPS) is 25.8. The largest absolute Gasteiger partial charge is 0.447 e. The Balaban J connectivity index is 2.78. The molecule has 5 heteroatoms. The van der Waals surface area contributed by atoms with Crippen molar-refractivity contribution in [2.24, 2.45) is 5.92 Å². The van der Waals surface area contributed by atoms with Gasteiger partial charge in [0.15, 0.2) is 6.10 Å². The summed E-state index contributed by atoms with van der Waals surface area (Å²) in [5.74, 6) is -3.62. The molecule has 5 nitrogen and oxygen atoms in total. The third kappa shape index (κ3) is 1.23. The van der Waals surface area contributed by atoms with Gasteiger partial charge in [-0.1, -0.05) is 6.92 Å². The van der Waals surface area contributed by atoms with Gasteiger partial charge in [0.1, 0.15) is 0 Å². The zero-order valence-corrected chi connectivity index (χ0v) is 6.44. The molecule has 1 saturated heterocycles. The number of aliphatic hydroxyl groups is 1. The minimum atomic E-state index is -1.12. The fourth-order valence-electron chi connectivity index (χ4n) is 0.922. The van der Waals surface area contributed by atoms with Crippen LogP contribution in [0.1, 0.15) is 6.92 Å². The Labute approximate surface area is 68.3 Å². The molecule has 2 atom stereocenters. The number of carbonyl (C=O) groups is 3. The molecule has 1 N–H and O–H groups in total. The minimum Gasteiger partial charge on any atom is -0.447 e. The summed E-state index contributed by atoms with van der Waals surface area (Å²) in [6, 6.07) is 0. The van der Waals surface area contributed by atoms with Gasteiger partial charge in [0.25, 0.3) is 5.78 Å². The van der Waals surface area contributed by atoms with Crippen molar-refractivity contribution < 1.29 is 24.2 Å². The van der Waals surface area contributed by atoms with Crippen LogP contribution in [-0.2, 0) is 19.1 Å². The van der Waals surface area contributed by atoms with E-state index in [0.717, 1.165) is 0 Å². The highest BCUT2D eigenvalue weighted by Gasteiger charge is 2.44. The van der Waals surface area contributed by atoms with Crippen LogP contribution in [0.4, 0.5) is 0 Å². The topological polar surface area (TPSA) is 80.7 Å². The number of ether oxygens (including phenoxy) is 1. The molecule has 0 radical (unpaired) electrons. The lowest BCUT2D eigenvalue weighted by atomic mass is 10.0. The van der Waals surface area contributed by atoms with Crippen molar-refractivity contribution in [2.45, 2.75) is 13.0 Å². The van der Waals surface area contributed by atoms with Crippen LogP contribution < -0.4 is 0 Å². The SMILES string of the molecule is CC(CO)C1OC(=O)C(=O)C1=O. The lowest BCUT2D eigenvalue weighted by Gasteiger charge is -2.11. The number of aliphatic hydroxyl groups excluding tert-OH is 1. The first-order chi connectivity index (χ1) is 5.57. The summed E-state index contributed by atoms with van der Waals surface area (Å²) < 4.78 is 4.44. The van der Waals surface area contributed by atoms with Crippen molar-refractivity contribution in [2.75, 3.05) is 6.61 Å². The zero-order valence-electron chi connectivity index (χ0n) is 6.44. The van der Waals surface area contributed by atoms with Crippen molar-refractivity contribution in [3.63, 3.8) is 0 Å². The van der Waals surface area contributed by atoms with E-state index in [1.165, 1.54) is 6.92 Å². The first kappa shape index (κ1) is 8.86. The number of hydrogen-bond donors (Lipinski definition) is 1. The molecule has 0 aromatic heterocycles. The molecule has 12 heavy (non-hydrogen) atoms. The average Bonchev–Trinajstić information content (AvgIpc) is 2.32. The molecule has 0 spiro atoms. The summed E-state index contributed by atoms with van der Waals surface area (Å²) in [5, 5.41) is 8.63. The second-order valence-electron chi connectivity index (χ2n) is 2.68. The van der Waals surface area contributed by atoms with Crippen molar-refractivity contribution >= 4 is 17.5 Å². The van der Waals surface area contributed by atoms with Crippen LogP contribution in [0, 0.1) is 5.92 Å². The molecule has 1 rings (SSSR count). The standard InChI is InChI=1S/C7H8O5/c1-3(2-8)6-4(9)5(10)7(11)12-6/h3,6,8H,2H2,1H3. The van der Waals surface area contributed by atoms with E-state index in [1.54, 1.807) is 0 Å². The number of cyclic esters (lactones) is 1. The minimum absolute atomic E-state index is 0.295. The molecular weight excluding hydrogens is 164 g/mol. The van der Waals surface area contributed by atoms with Crippen molar-refractivity contribution in [1.29, 1.82) is 0 Å². The zero-order chi connectivity index (χ0) is 9.30. The van der Waals surface area contributed by atoms with Gasteiger partial charge in [-0.05, 0) is 0 Å². The van der Waals surface area contributed by atoms with Gasteiger partial charge in [-0.3, -0.25) is 9.59 Å². The predicted molar refractivity (Wildman–Crippen MR) is 36.1 cm³/mol. The molecule has 0 aromatic rings. The Morgan fingerprint density at radius 3 is 2.42 bits per heavy atom. The number of hydrogen-bond acceptors (Lipinski definition) is 5. The highest BCUT2D eigenvalue weighted by atomic mass is 16.6. The first-order valence-electron chi connectivity index (χ1n) is 3.48. The van der Waals surface area contributed by atoms with Crippen LogP contribution in [0.15, 0.2) is 0 Å². The molecule has 0 amide bonds. The lowest BCUT2D eigenvalue weighted by Crippen LogP contribution is -2.29. The molecule has 2 unspecified atom stereocenters. The summed E-state index contributed by atoms with van der Waals surface area (Å²) in [6.07, 6.45) is -1.09. The molecule has 0 aromatic carbocycles. The molecule has 1 heterocycles. The van der Waals surface area contributed by atoms with Gasteiger partial charge in [-0.15, -0.1) is 0 Å². The van der Waals surface area contributed by atoms with Crippen LogP contribution in [0.3, 0.4) is 0 Å². The molecule has 0 saturated carbocycles. The van der Waals surface area contributed by atoms with Crippen LogP contribution in [0.5, 0.6) is 0 Å². The van der Waals surface area contributed by atoms with Gasteiger partial charge in [0.05, 0.1) is 0 Å². The quantitative estimate of drug-likeness (QED) is 0.412. The summed E-state index contributed by atoms with van der Waals surface area (Å²) in [4.78, 5) is 32.1. The van der Waals surface area contributed by atoms with E-state index in [4.69, 9.17) is 5.11 Å². The molecule has 66 valence electrons. The fourth-order valence-corrected chi connectivity index (χ4v) is 0.922. The number of esters is 1. The van der Waals surface area contributed by atoms with Gasteiger partial charge < -0.3 is 9.84 Å². The van der Waals surface area contributed by atoms with E-state index < -0.39 is 29.6 Å². The fraction of sp³-hybridized carbons (Fsp3) is 0.571. The highest BCUT2D eigenvalue weighted by molar-refractivity contribution is 6.65. The number of carbonyl (C=O) groups excluding carboxylic acids is 3. The van der Waals surface area contributed by atoms with E-state index in [2.05, 4.69) is 4.74 Å². The Morgan fingerprint density at radius 1 is 1.50 bits per heavy atom. The van der Waals surface area contributed by atoms with Crippen LogP contribution in [0.25, 0.3) is 0 Å². The Kier molecular flexibility index (Phi) is 2.23. The predicted octanol–water partition coefficient (Wildman–Crippen LogP) is -1.32. The van der Waals surface area contributed by atoms with E-state index >= 15 is 0 Å². The van der Waals surface area contributed by atoms with Crippen LogP contribution >= 0.6 is 0 Å². The Bertz CT molecular complexity index is 244. The number of ketones is 2. The second-order valence-corrected chi connectivity index (χ2v) is 2.68. The summed E-state index contributed by atoms with van der Waals surface area (Å²) in [6.45, 7) is 1.23. The molecular formula is C7H8O5. The van der Waals surface area contributed by atoms with Crippen molar-refractivity contribution in [1.82, 2.24) is 0 Å². The highest BCUT2D eigenvalue weighted by Crippen LogP contribution is 2.15. The van der Waals surface area contributed by atoms with E-state index in [9.17, 15) is 14.4 Å². The van der Waals surface area contributed by atoms with Crippen molar-refractivity contribution in [3.05, 3.63) is 0 Å². The Morgan fingerprint density at radius 2 is 2.08 bits per heavy atom. The monoisotopic (exact) mass is 172 g/mol. The molecule has 0 bridgehead atoms. The molecule has 0 aliphatic carbocycles. The van der Waals surface area contributed by atoms with Crippen molar-refractivity contribution in [3.8, 4) is 0 Å². The van der Waals surface area contributed by atoms with Gasteiger partial charge in [-0.2, -0.15) is 0 Å². The van der Waals surface area contributed by atoms with Gasteiger partial charge in [-0.25, -0.2) is 4.79 Å². The summed E-state index contributed by atoms with van der Waals surface area (Å²) >= 11 is 0. The van der Waals surface area contributed by atoms with E-state index in [1.807, 2.05) is 0 Å². The van der Waals surface area contributed by atoms with Crippen LogP contribution in [0.2, 0.25) is 0 Å². The summed E-state index contributed by atoms with van der Waals surface area (Å²) in [7, 11) is 0. The third-order valence-electron chi connectivity index (χ3n) is 1.71. The maximum Gasteiger partial charge on any atom is 0.383 e.